The van der Waals surface area contributed by atoms with E-state index in [0.29, 0.717) is 19.8 Å². The third-order valence-electron chi connectivity index (χ3n) is 4.56. The Bertz CT molecular complexity index is 736. The molecule has 27 heavy (non-hydrogen) atoms. The molecule has 3 aromatic rings. The van der Waals surface area contributed by atoms with Gasteiger partial charge in [-0.3, -0.25) is 0 Å². The van der Waals surface area contributed by atoms with Crippen molar-refractivity contribution in [2.75, 3.05) is 17.6 Å². The summed E-state index contributed by atoms with van der Waals surface area (Å²) in [5, 5.41) is 0. The number of benzene rings is 3. The van der Waals surface area contributed by atoms with Gasteiger partial charge in [-0.05, 0) is 23.1 Å². The molecule has 2 nitrogen and oxygen atoms in total. The van der Waals surface area contributed by atoms with Gasteiger partial charge in [-0.15, -0.1) is 0 Å². The highest BCUT2D eigenvalue weighted by Gasteiger charge is 2.34. The molecule has 0 radical (unpaired) electrons. The van der Waals surface area contributed by atoms with Gasteiger partial charge < -0.3 is 9.47 Å². The van der Waals surface area contributed by atoms with Crippen molar-refractivity contribution in [3.63, 3.8) is 0 Å². The number of rotatable bonds is 10. The zero-order valence-electron chi connectivity index (χ0n) is 15.4. The number of halogens is 1. The van der Waals surface area contributed by atoms with Gasteiger partial charge in [0.15, 0.2) is 0 Å². The molecule has 0 saturated carbocycles. The minimum Gasteiger partial charge on any atom is -0.377 e. The minimum absolute atomic E-state index is 0.428. The van der Waals surface area contributed by atoms with Gasteiger partial charge in [0, 0.05) is 11.0 Å². The molecule has 0 aliphatic rings. The van der Waals surface area contributed by atoms with E-state index in [4.69, 9.17) is 9.47 Å². The van der Waals surface area contributed by atoms with Crippen LogP contribution in [0.1, 0.15) is 23.1 Å². The van der Waals surface area contributed by atoms with E-state index in [1.807, 2.05) is 30.3 Å². The van der Waals surface area contributed by atoms with Crippen molar-refractivity contribution in [1.82, 2.24) is 0 Å². The molecule has 3 aromatic carbocycles. The van der Waals surface area contributed by atoms with E-state index in [9.17, 15) is 0 Å². The normalized spacial score (nSPS) is 11.4. The summed E-state index contributed by atoms with van der Waals surface area (Å²) in [5.41, 5.74) is 3.16. The van der Waals surface area contributed by atoms with Crippen LogP contribution < -0.4 is 0 Å². The lowest BCUT2D eigenvalue weighted by atomic mass is 9.88. The van der Waals surface area contributed by atoms with Crippen LogP contribution >= 0.6 is 22.6 Å². The first kappa shape index (κ1) is 20.1. The zero-order valence-corrected chi connectivity index (χ0v) is 17.5. The SMILES string of the molecule is ICC(OCCCOCc1ccccc1)(c1ccccc1)c1ccccc1. The molecule has 0 aliphatic heterocycles. The van der Waals surface area contributed by atoms with Crippen LogP contribution in [0.3, 0.4) is 0 Å². The van der Waals surface area contributed by atoms with Crippen molar-refractivity contribution in [1.29, 1.82) is 0 Å². The highest BCUT2D eigenvalue weighted by atomic mass is 127. The Morgan fingerprint density at radius 2 is 1.19 bits per heavy atom. The van der Waals surface area contributed by atoms with E-state index in [1.165, 1.54) is 16.7 Å². The fourth-order valence-corrected chi connectivity index (χ4v) is 4.21. The highest BCUT2D eigenvalue weighted by Crippen LogP contribution is 2.35. The third kappa shape index (κ3) is 5.41. The molecule has 140 valence electrons. The Morgan fingerprint density at radius 3 is 1.70 bits per heavy atom. The Labute approximate surface area is 175 Å². The molecule has 0 aliphatic carbocycles. The van der Waals surface area contributed by atoms with E-state index in [2.05, 4.69) is 83.3 Å². The van der Waals surface area contributed by atoms with Gasteiger partial charge in [-0.1, -0.05) is 114 Å². The molecule has 0 saturated heterocycles. The second kappa shape index (κ2) is 10.6. The maximum atomic E-state index is 6.52. The highest BCUT2D eigenvalue weighted by molar-refractivity contribution is 14.1. The summed E-state index contributed by atoms with van der Waals surface area (Å²) in [6, 6.07) is 31.3. The van der Waals surface area contributed by atoms with Crippen LogP contribution in [0.25, 0.3) is 0 Å². The van der Waals surface area contributed by atoms with E-state index >= 15 is 0 Å². The van der Waals surface area contributed by atoms with Crippen LogP contribution in [0.5, 0.6) is 0 Å². The van der Waals surface area contributed by atoms with E-state index in [0.717, 1.165) is 10.8 Å². The number of alkyl halides is 1. The lowest BCUT2D eigenvalue weighted by Gasteiger charge is -2.33. The lowest BCUT2D eigenvalue weighted by molar-refractivity contribution is -0.0112. The van der Waals surface area contributed by atoms with E-state index < -0.39 is 5.60 Å². The maximum absolute atomic E-state index is 6.52. The van der Waals surface area contributed by atoms with Crippen LogP contribution in [0.2, 0.25) is 0 Å². The summed E-state index contributed by atoms with van der Waals surface area (Å²) in [6.45, 7) is 1.99. The van der Waals surface area contributed by atoms with Crippen molar-refractivity contribution in [2.45, 2.75) is 18.6 Å². The van der Waals surface area contributed by atoms with Crippen LogP contribution in [0, 0.1) is 0 Å². The van der Waals surface area contributed by atoms with Crippen LogP contribution in [0.4, 0.5) is 0 Å². The van der Waals surface area contributed by atoms with Crippen molar-refractivity contribution < 1.29 is 9.47 Å². The van der Waals surface area contributed by atoms with Crippen molar-refractivity contribution in [3.05, 3.63) is 108 Å². The lowest BCUT2D eigenvalue weighted by Crippen LogP contribution is -2.33. The molecule has 0 fully saturated rings. The Hall–Kier alpha value is -1.69. The topological polar surface area (TPSA) is 18.5 Å². The first-order chi connectivity index (χ1) is 13.3. The third-order valence-corrected chi connectivity index (χ3v) is 5.64. The molecular formula is C24H25IO2. The first-order valence-electron chi connectivity index (χ1n) is 9.28. The minimum atomic E-state index is -0.428. The molecule has 0 aromatic heterocycles. The Kier molecular flexibility index (Phi) is 7.87. The largest absolute Gasteiger partial charge is 0.377 e. The van der Waals surface area contributed by atoms with Gasteiger partial charge in [0.05, 0.1) is 13.2 Å². The summed E-state index contributed by atoms with van der Waals surface area (Å²) < 4.78 is 13.2. The van der Waals surface area contributed by atoms with Gasteiger partial charge in [0.1, 0.15) is 5.60 Å². The summed E-state index contributed by atoms with van der Waals surface area (Å²) in [5.74, 6) is 0. The fraction of sp³-hybridized carbons (Fsp3) is 0.250. The van der Waals surface area contributed by atoms with Gasteiger partial charge >= 0.3 is 0 Å². The molecule has 0 amide bonds. The first-order valence-corrected chi connectivity index (χ1v) is 10.8. The molecule has 0 unspecified atom stereocenters. The summed E-state index contributed by atoms with van der Waals surface area (Å²) in [6.07, 6.45) is 0.866. The van der Waals surface area contributed by atoms with Crippen LogP contribution in [0.15, 0.2) is 91.0 Å². The van der Waals surface area contributed by atoms with E-state index in [-0.39, 0.29) is 0 Å². The average Bonchev–Trinajstić information content (AvgIpc) is 2.75. The van der Waals surface area contributed by atoms with Crippen molar-refractivity contribution in [3.8, 4) is 0 Å². The van der Waals surface area contributed by atoms with Gasteiger partial charge in [-0.25, -0.2) is 0 Å². The molecule has 0 atom stereocenters. The Balaban J connectivity index is 1.61. The molecular weight excluding hydrogens is 447 g/mol. The van der Waals surface area contributed by atoms with Crippen LogP contribution in [-0.4, -0.2) is 17.6 Å². The standard InChI is InChI=1S/C24H25IO2/c25-20-24(22-13-6-2-7-14-22,23-15-8-3-9-16-23)27-18-10-17-26-19-21-11-4-1-5-12-21/h1-9,11-16H,10,17-20H2. The smallest absolute Gasteiger partial charge is 0.127 e. The number of ether oxygens (including phenoxy) is 2. The van der Waals surface area contributed by atoms with Crippen molar-refractivity contribution >= 4 is 22.6 Å². The molecule has 0 heterocycles. The molecule has 0 spiro atoms. The van der Waals surface area contributed by atoms with Crippen LogP contribution in [-0.2, 0) is 21.7 Å². The maximum Gasteiger partial charge on any atom is 0.127 e. The van der Waals surface area contributed by atoms with Gasteiger partial charge in [0.2, 0.25) is 0 Å². The fourth-order valence-electron chi connectivity index (χ4n) is 3.11. The predicted octanol–water partition coefficient (Wildman–Crippen LogP) is 5.99. The zero-order chi connectivity index (χ0) is 18.8. The molecule has 3 heteroatoms. The van der Waals surface area contributed by atoms with Gasteiger partial charge in [-0.2, -0.15) is 0 Å². The van der Waals surface area contributed by atoms with E-state index in [1.54, 1.807) is 0 Å². The van der Waals surface area contributed by atoms with Gasteiger partial charge in [0.25, 0.3) is 0 Å². The summed E-state index contributed by atoms with van der Waals surface area (Å²) in [4.78, 5) is 0. The quantitative estimate of drug-likeness (QED) is 0.205. The second-order valence-corrected chi connectivity index (χ2v) is 7.20. The summed E-state index contributed by atoms with van der Waals surface area (Å²) in [7, 11) is 0. The summed E-state index contributed by atoms with van der Waals surface area (Å²) >= 11 is 2.43. The monoisotopic (exact) mass is 472 g/mol. The number of hydrogen-bond donors (Lipinski definition) is 0. The molecule has 0 bridgehead atoms. The predicted molar refractivity (Wildman–Crippen MR) is 119 cm³/mol. The molecule has 0 N–H and O–H groups in total. The molecule has 3 rings (SSSR count). The average molecular weight is 472 g/mol. The van der Waals surface area contributed by atoms with Crippen molar-refractivity contribution in [2.24, 2.45) is 0 Å². The Morgan fingerprint density at radius 1 is 0.667 bits per heavy atom. The second-order valence-electron chi connectivity index (χ2n) is 6.43. The number of hydrogen-bond acceptors (Lipinski definition) is 2.